The van der Waals surface area contributed by atoms with Gasteiger partial charge in [0.2, 0.25) is 10.0 Å². The van der Waals surface area contributed by atoms with E-state index in [2.05, 4.69) is 5.32 Å². The van der Waals surface area contributed by atoms with E-state index in [0.29, 0.717) is 11.4 Å². The van der Waals surface area contributed by atoms with Crippen molar-refractivity contribution in [1.82, 2.24) is 4.13 Å². The third kappa shape index (κ3) is 8.57. The number of nitrogen functional groups attached to an aromatic ring is 1. The van der Waals surface area contributed by atoms with E-state index in [1.807, 2.05) is 6.92 Å². The van der Waals surface area contributed by atoms with Crippen molar-refractivity contribution in [2.45, 2.75) is 21.6 Å². The summed E-state index contributed by atoms with van der Waals surface area (Å²) in [6.07, 6.45) is 0. The Bertz CT molecular complexity index is 1860. The number of nitro benzene ring substituents is 1. The molecule has 13 nitrogen and oxygen atoms in total. The van der Waals surface area contributed by atoms with Crippen LogP contribution in [0.1, 0.15) is 5.56 Å². The van der Waals surface area contributed by atoms with Crippen LogP contribution in [0.5, 0.6) is 0 Å². The number of hydrogen-bond donors (Lipinski definition) is 4. The standard InChI is InChI=1S/C18H16N4O6S2.C7H9NO2S/c19-13-6-8-14(9-7-13)20-17-11-10-16(12-18(17)22(23)24)30(27,28)21-29(25,26)15-4-2-1-3-5-15;1-6-2-4-7(5-3-6)11(8,9)10/h1-12,20-21H,19H2;2-5H,1H3,(H2,8,9,10). The molecule has 4 aromatic rings. The molecule has 0 saturated heterocycles. The monoisotopic (exact) mass is 619 g/mol. The smallest absolute Gasteiger partial charge is 0.294 e. The highest BCUT2D eigenvalue weighted by Crippen LogP contribution is 2.30. The molecule has 4 rings (SSSR count). The van der Waals surface area contributed by atoms with Crippen LogP contribution in [0.2, 0.25) is 0 Å². The highest BCUT2D eigenvalue weighted by molar-refractivity contribution is 8.04. The largest absolute Gasteiger partial charge is 0.399 e. The molecule has 0 aliphatic carbocycles. The fraction of sp³-hybridized carbons (Fsp3) is 0.0400. The summed E-state index contributed by atoms with van der Waals surface area (Å²) in [4.78, 5) is 10.0. The highest BCUT2D eigenvalue weighted by atomic mass is 32.3. The molecule has 0 amide bonds. The van der Waals surface area contributed by atoms with Crippen LogP contribution >= 0.6 is 0 Å². The molecule has 0 atom stereocenters. The molecular weight excluding hydrogens is 595 g/mol. The molecular formula is C25H25N5O8S3. The SMILES string of the molecule is Cc1ccc(S(N)(=O)=O)cc1.Nc1ccc(Nc2ccc(S(=O)(=O)NS(=O)(=O)c3ccccc3)cc2[N+](=O)[O-])cc1. The molecule has 0 heterocycles. The Balaban J connectivity index is 0.000000352. The number of sulfonamides is 3. The second-order valence-electron chi connectivity index (χ2n) is 8.44. The normalized spacial score (nSPS) is 11.7. The van der Waals surface area contributed by atoms with Gasteiger partial charge >= 0.3 is 0 Å². The van der Waals surface area contributed by atoms with E-state index >= 15 is 0 Å². The number of benzene rings is 4. The van der Waals surface area contributed by atoms with Gasteiger partial charge < -0.3 is 11.1 Å². The predicted octanol–water partition coefficient (Wildman–Crippen LogP) is 3.23. The minimum Gasteiger partial charge on any atom is -0.399 e. The molecule has 0 bridgehead atoms. The number of nitrogens with zero attached hydrogens (tertiary/aromatic N) is 1. The maximum absolute atomic E-state index is 12.6. The minimum absolute atomic E-state index is 0.0228. The molecule has 216 valence electrons. The first-order chi connectivity index (χ1) is 19.1. The summed E-state index contributed by atoms with van der Waals surface area (Å²) in [5.41, 5.74) is 7.08. The van der Waals surface area contributed by atoms with Crippen LogP contribution in [-0.4, -0.2) is 30.2 Å². The zero-order valence-electron chi connectivity index (χ0n) is 21.3. The van der Waals surface area contributed by atoms with Gasteiger partial charge in [-0.25, -0.2) is 30.4 Å². The van der Waals surface area contributed by atoms with E-state index in [1.54, 1.807) is 46.6 Å². The summed E-state index contributed by atoms with van der Waals surface area (Å²) in [5, 5.41) is 19.1. The molecule has 0 aliphatic rings. The second kappa shape index (κ2) is 12.4. The fourth-order valence-corrected chi connectivity index (χ4v) is 6.70. The van der Waals surface area contributed by atoms with Gasteiger partial charge in [-0.1, -0.05) is 35.9 Å². The van der Waals surface area contributed by atoms with Gasteiger partial charge in [0.25, 0.3) is 25.7 Å². The van der Waals surface area contributed by atoms with Gasteiger partial charge in [-0.3, -0.25) is 10.1 Å². The average Bonchev–Trinajstić information content (AvgIpc) is 2.90. The summed E-state index contributed by atoms with van der Waals surface area (Å²) in [7, 11) is -12.5. The van der Waals surface area contributed by atoms with Gasteiger partial charge in [0.1, 0.15) is 5.69 Å². The first-order valence-electron chi connectivity index (χ1n) is 11.4. The lowest BCUT2D eigenvalue weighted by atomic mass is 10.2. The van der Waals surface area contributed by atoms with Gasteiger partial charge in [0.05, 0.1) is 19.6 Å². The summed E-state index contributed by atoms with van der Waals surface area (Å²) in [5.74, 6) is 0. The molecule has 0 aliphatic heterocycles. The number of nitrogens with two attached hydrogens (primary N) is 2. The maximum atomic E-state index is 12.6. The first kappa shape index (κ1) is 31.2. The molecule has 0 fully saturated rings. The van der Waals surface area contributed by atoms with E-state index < -0.39 is 45.6 Å². The van der Waals surface area contributed by atoms with Crippen molar-refractivity contribution < 1.29 is 30.2 Å². The van der Waals surface area contributed by atoms with Crippen LogP contribution in [0.15, 0.2) is 112 Å². The minimum atomic E-state index is -4.60. The highest BCUT2D eigenvalue weighted by Gasteiger charge is 2.27. The maximum Gasteiger partial charge on any atom is 0.294 e. The number of anilines is 3. The molecule has 6 N–H and O–H groups in total. The molecule has 4 aromatic carbocycles. The van der Waals surface area contributed by atoms with E-state index in [0.717, 1.165) is 17.7 Å². The van der Waals surface area contributed by atoms with Crippen molar-refractivity contribution in [3.8, 4) is 0 Å². The van der Waals surface area contributed by atoms with Crippen LogP contribution in [0.3, 0.4) is 0 Å². The number of aryl methyl sites for hydroxylation is 1. The fourth-order valence-electron chi connectivity index (χ4n) is 3.23. The Labute approximate surface area is 237 Å². The zero-order chi connectivity index (χ0) is 30.4. The van der Waals surface area contributed by atoms with E-state index in [-0.39, 0.29) is 15.5 Å². The van der Waals surface area contributed by atoms with Crippen molar-refractivity contribution in [3.05, 3.63) is 113 Å². The summed E-state index contributed by atoms with van der Waals surface area (Å²) < 4.78 is 72.8. The van der Waals surface area contributed by atoms with Gasteiger partial charge in [-0.15, -0.1) is 4.13 Å². The Hall–Kier alpha value is -4.35. The number of primary sulfonamides is 1. The lowest BCUT2D eigenvalue weighted by Gasteiger charge is -2.11. The van der Waals surface area contributed by atoms with Crippen molar-refractivity contribution >= 4 is 52.8 Å². The lowest BCUT2D eigenvalue weighted by molar-refractivity contribution is -0.384. The molecule has 0 saturated carbocycles. The van der Waals surface area contributed by atoms with Crippen LogP contribution in [-0.2, 0) is 30.1 Å². The van der Waals surface area contributed by atoms with Crippen molar-refractivity contribution in [2.24, 2.45) is 5.14 Å². The van der Waals surface area contributed by atoms with Crippen LogP contribution in [0.25, 0.3) is 0 Å². The Morgan fingerprint density at radius 3 is 1.78 bits per heavy atom. The van der Waals surface area contributed by atoms with Gasteiger partial charge in [-0.05, 0) is 67.6 Å². The van der Waals surface area contributed by atoms with Crippen LogP contribution in [0, 0.1) is 17.0 Å². The van der Waals surface area contributed by atoms with Gasteiger partial charge in [0.15, 0.2) is 0 Å². The topological polar surface area (TPSA) is 222 Å². The summed E-state index contributed by atoms with van der Waals surface area (Å²) >= 11 is 0. The Morgan fingerprint density at radius 2 is 1.24 bits per heavy atom. The lowest BCUT2D eigenvalue weighted by Crippen LogP contribution is -2.30. The number of nitro groups is 1. The van der Waals surface area contributed by atoms with Crippen LogP contribution in [0.4, 0.5) is 22.7 Å². The molecule has 16 heteroatoms. The molecule has 0 aromatic heterocycles. The summed E-state index contributed by atoms with van der Waals surface area (Å²) in [6, 6.07) is 22.7. The van der Waals surface area contributed by atoms with E-state index in [4.69, 9.17) is 10.9 Å². The Morgan fingerprint density at radius 1 is 0.707 bits per heavy atom. The molecule has 0 spiro atoms. The Kier molecular flexibility index (Phi) is 9.46. The molecule has 41 heavy (non-hydrogen) atoms. The second-order valence-corrected chi connectivity index (χ2v) is 13.6. The number of rotatable bonds is 8. The van der Waals surface area contributed by atoms with Crippen LogP contribution < -0.4 is 20.3 Å². The van der Waals surface area contributed by atoms with Gasteiger partial charge in [0, 0.05) is 17.4 Å². The van der Waals surface area contributed by atoms with Crippen molar-refractivity contribution in [1.29, 1.82) is 0 Å². The number of hydrogen-bond acceptors (Lipinski definition) is 10. The quantitative estimate of drug-likeness (QED) is 0.128. The third-order valence-electron chi connectivity index (χ3n) is 5.29. The van der Waals surface area contributed by atoms with Gasteiger partial charge in [-0.2, -0.15) is 0 Å². The average molecular weight is 620 g/mol. The molecule has 0 radical (unpaired) electrons. The molecule has 0 unspecified atom stereocenters. The van der Waals surface area contributed by atoms with Crippen molar-refractivity contribution in [2.75, 3.05) is 11.1 Å². The summed E-state index contributed by atoms with van der Waals surface area (Å²) in [6.45, 7) is 1.88. The first-order valence-corrected chi connectivity index (χ1v) is 15.9. The van der Waals surface area contributed by atoms with E-state index in [1.165, 1.54) is 42.5 Å². The van der Waals surface area contributed by atoms with E-state index in [9.17, 15) is 35.4 Å². The predicted molar refractivity (Wildman–Crippen MR) is 154 cm³/mol. The zero-order valence-corrected chi connectivity index (χ0v) is 23.8. The number of nitrogens with one attached hydrogen (secondary N) is 2. The third-order valence-corrected chi connectivity index (χ3v) is 9.74. The van der Waals surface area contributed by atoms with Crippen molar-refractivity contribution in [3.63, 3.8) is 0 Å².